The number of carbonyl (C=O) groups is 3. The highest BCUT2D eigenvalue weighted by molar-refractivity contribution is 8.18. The molecular weight excluding hydrogens is 591 g/mol. The average molecular weight is 608 g/mol. The Morgan fingerprint density at radius 1 is 1.07 bits per heavy atom. The SMILES string of the molecule is Cc1ccc(S(=O)(=O)Oc2ccc(/C=C3\SC(=O)N(CC(=O)Nc4ccc(F)c(F)c4F)C3=O)cc2)cc1[N+](=O)[O-]. The van der Waals surface area contributed by atoms with E-state index in [1.54, 1.807) is 0 Å². The first-order chi connectivity index (χ1) is 19.3. The van der Waals surface area contributed by atoms with Crippen molar-refractivity contribution in [1.82, 2.24) is 4.90 Å². The molecule has 0 unspecified atom stereocenters. The van der Waals surface area contributed by atoms with Crippen molar-refractivity contribution in [3.63, 3.8) is 0 Å². The van der Waals surface area contributed by atoms with Crippen LogP contribution in [0.2, 0.25) is 0 Å². The Kier molecular flexibility index (Phi) is 8.16. The predicted octanol–water partition coefficient (Wildman–Crippen LogP) is 4.76. The van der Waals surface area contributed by atoms with Gasteiger partial charge >= 0.3 is 10.1 Å². The summed E-state index contributed by atoms with van der Waals surface area (Å²) in [4.78, 5) is 47.7. The van der Waals surface area contributed by atoms with E-state index in [2.05, 4.69) is 0 Å². The Bertz CT molecular complexity index is 1750. The maximum Gasteiger partial charge on any atom is 0.339 e. The number of nitrogens with one attached hydrogen (secondary N) is 1. The van der Waals surface area contributed by atoms with Gasteiger partial charge in [0.2, 0.25) is 5.91 Å². The number of imide groups is 1. The molecule has 1 saturated heterocycles. The molecular formula is C25H16F3N3O8S2. The van der Waals surface area contributed by atoms with Gasteiger partial charge in [-0.15, -0.1) is 0 Å². The van der Waals surface area contributed by atoms with Gasteiger partial charge in [0.05, 0.1) is 15.5 Å². The van der Waals surface area contributed by atoms with E-state index in [0.29, 0.717) is 28.3 Å². The molecule has 0 saturated carbocycles. The number of amides is 3. The predicted molar refractivity (Wildman–Crippen MR) is 140 cm³/mol. The first kappa shape index (κ1) is 29.3. The summed E-state index contributed by atoms with van der Waals surface area (Å²) < 4.78 is 70.5. The first-order valence-corrected chi connectivity index (χ1v) is 13.5. The highest BCUT2D eigenvalue weighted by atomic mass is 32.2. The van der Waals surface area contributed by atoms with Crippen LogP contribution >= 0.6 is 11.8 Å². The van der Waals surface area contributed by atoms with Crippen LogP contribution in [-0.2, 0) is 19.7 Å². The number of hydrogen-bond acceptors (Lipinski definition) is 9. The van der Waals surface area contributed by atoms with Crippen molar-refractivity contribution in [3.8, 4) is 5.75 Å². The molecule has 0 radical (unpaired) electrons. The van der Waals surface area contributed by atoms with E-state index in [0.717, 1.165) is 18.2 Å². The molecule has 1 aliphatic rings. The van der Waals surface area contributed by atoms with Crippen molar-refractivity contribution in [2.75, 3.05) is 11.9 Å². The minimum absolute atomic E-state index is 0.0879. The van der Waals surface area contributed by atoms with E-state index in [1.807, 2.05) is 5.32 Å². The average Bonchev–Trinajstić information content (AvgIpc) is 3.17. The molecule has 1 N–H and O–H groups in total. The molecule has 1 heterocycles. The number of nitrogens with zero attached hydrogens (tertiary/aromatic N) is 2. The lowest BCUT2D eigenvalue weighted by Gasteiger charge is -2.13. The van der Waals surface area contributed by atoms with Crippen LogP contribution in [0.15, 0.2) is 64.4 Å². The zero-order chi connectivity index (χ0) is 30.1. The van der Waals surface area contributed by atoms with Crippen molar-refractivity contribution >= 4 is 56.4 Å². The number of benzene rings is 3. The fourth-order valence-corrected chi connectivity index (χ4v) is 5.27. The second kappa shape index (κ2) is 11.4. The van der Waals surface area contributed by atoms with E-state index in [-0.39, 0.29) is 16.2 Å². The van der Waals surface area contributed by atoms with Crippen molar-refractivity contribution in [1.29, 1.82) is 0 Å². The van der Waals surface area contributed by atoms with Crippen LogP contribution in [0.1, 0.15) is 11.1 Å². The summed E-state index contributed by atoms with van der Waals surface area (Å²) >= 11 is 0.501. The number of nitro benzene ring substituents is 1. The molecule has 41 heavy (non-hydrogen) atoms. The van der Waals surface area contributed by atoms with Gasteiger partial charge in [-0.05, 0) is 60.7 Å². The number of aryl methyl sites for hydroxylation is 1. The Labute approximate surface area is 233 Å². The van der Waals surface area contributed by atoms with E-state index in [9.17, 15) is 46.1 Å². The molecule has 0 bridgehead atoms. The first-order valence-electron chi connectivity index (χ1n) is 11.2. The van der Waals surface area contributed by atoms with Gasteiger partial charge < -0.3 is 9.50 Å². The van der Waals surface area contributed by atoms with Crippen LogP contribution in [-0.4, -0.2) is 41.8 Å². The molecule has 0 aliphatic carbocycles. The summed E-state index contributed by atoms with van der Waals surface area (Å²) in [7, 11) is -4.42. The Morgan fingerprint density at radius 2 is 1.76 bits per heavy atom. The Morgan fingerprint density at radius 3 is 2.41 bits per heavy atom. The summed E-state index contributed by atoms with van der Waals surface area (Å²) in [5.41, 5.74) is -0.464. The van der Waals surface area contributed by atoms with E-state index >= 15 is 0 Å². The molecule has 3 aromatic carbocycles. The maximum atomic E-state index is 13.8. The zero-order valence-electron chi connectivity index (χ0n) is 20.6. The molecule has 3 aromatic rings. The number of nitro groups is 1. The molecule has 0 aromatic heterocycles. The van der Waals surface area contributed by atoms with Crippen LogP contribution in [0.3, 0.4) is 0 Å². The van der Waals surface area contributed by atoms with Gasteiger partial charge in [-0.3, -0.25) is 29.4 Å². The van der Waals surface area contributed by atoms with Crippen molar-refractivity contribution in [2.24, 2.45) is 0 Å². The Balaban J connectivity index is 1.43. The summed E-state index contributed by atoms with van der Waals surface area (Å²) in [6.07, 6.45) is 1.29. The van der Waals surface area contributed by atoms with E-state index in [1.165, 1.54) is 43.3 Å². The topological polar surface area (TPSA) is 153 Å². The lowest BCUT2D eigenvalue weighted by Crippen LogP contribution is -2.36. The number of thioether (sulfide) groups is 1. The molecule has 1 fully saturated rings. The maximum absolute atomic E-state index is 13.8. The van der Waals surface area contributed by atoms with Crippen LogP contribution in [0.4, 0.5) is 29.3 Å². The molecule has 11 nitrogen and oxygen atoms in total. The van der Waals surface area contributed by atoms with Gasteiger partial charge in [-0.1, -0.05) is 18.2 Å². The minimum Gasteiger partial charge on any atom is -0.379 e. The molecule has 212 valence electrons. The number of halogens is 3. The second-order valence-corrected chi connectivity index (χ2v) is 10.9. The summed E-state index contributed by atoms with van der Waals surface area (Å²) in [5.74, 6) is -6.95. The number of carbonyl (C=O) groups excluding carboxylic acids is 3. The number of rotatable bonds is 8. The zero-order valence-corrected chi connectivity index (χ0v) is 22.2. The van der Waals surface area contributed by atoms with Gasteiger partial charge in [0.25, 0.3) is 16.8 Å². The van der Waals surface area contributed by atoms with Gasteiger partial charge in [0.1, 0.15) is 17.2 Å². The third-order valence-corrected chi connectivity index (χ3v) is 7.68. The van der Waals surface area contributed by atoms with Crippen molar-refractivity contribution < 1.29 is 45.1 Å². The van der Waals surface area contributed by atoms with Gasteiger partial charge in [-0.2, -0.15) is 8.42 Å². The fourth-order valence-electron chi connectivity index (χ4n) is 3.48. The van der Waals surface area contributed by atoms with E-state index < -0.39 is 72.4 Å². The van der Waals surface area contributed by atoms with Crippen LogP contribution in [0.5, 0.6) is 5.75 Å². The highest BCUT2D eigenvalue weighted by Gasteiger charge is 2.36. The molecule has 3 amide bonds. The van der Waals surface area contributed by atoms with Crippen LogP contribution in [0, 0.1) is 34.5 Å². The molecule has 0 spiro atoms. The quantitative estimate of drug-likeness (QED) is 0.126. The number of hydrogen-bond donors (Lipinski definition) is 1. The fraction of sp³-hybridized carbons (Fsp3) is 0.0800. The molecule has 4 rings (SSSR count). The largest absolute Gasteiger partial charge is 0.379 e. The number of anilines is 1. The van der Waals surface area contributed by atoms with Crippen LogP contribution in [0.25, 0.3) is 6.08 Å². The summed E-state index contributed by atoms with van der Waals surface area (Å²) in [6.45, 7) is 0.622. The summed E-state index contributed by atoms with van der Waals surface area (Å²) in [6, 6.07) is 9.93. The normalized spacial score (nSPS) is 14.4. The molecule has 16 heteroatoms. The van der Waals surface area contributed by atoms with Gasteiger partial charge in [-0.25, -0.2) is 13.2 Å². The monoisotopic (exact) mass is 607 g/mol. The van der Waals surface area contributed by atoms with Crippen molar-refractivity contribution in [2.45, 2.75) is 11.8 Å². The van der Waals surface area contributed by atoms with Gasteiger partial charge in [0, 0.05) is 11.6 Å². The lowest BCUT2D eigenvalue weighted by atomic mass is 10.2. The Hall–Kier alpha value is -4.70. The standard InChI is InChI=1S/C25H16F3N3O8S2/c1-13-2-7-16(11-19(13)31(35)36)41(37,38)39-15-5-3-14(4-6-15)10-20-24(33)30(25(34)40-20)12-21(32)29-18-9-8-17(26)22(27)23(18)28/h2-11H,12H2,1H3,(H,29,32)/b20-10-. The summed E-state index contributed by atoms with van der Waals surface area (Å²) in [5, 5.41) is 12.3. The molecule has 0 atom stereocenters. The smallest absolute Gasteiger partial charge is 0.339 e. The van der Waals surface area contributed by atoms with Gasteiger partial charge in [0.15, 0.2) is 17.5 Å². The second-order valence-electron chi connectivity index (χ2n) is 8.35. The third-order valence-electron chi connectivity index (χ3n) is 5.53. The highest BCUT2D eigenvalue weighted by Crippen LogP contribution is 2.33. The lowest BCUT2D eigenvalue weighted by molar-refractivity contribution is -0.385. The van der Waals surface area contributed by atoms with Crippen LogP contribution < -0.4 is 9.50 Å². The van der Waals surface area contributed by atoms with E-state index in [4.69, 9.17) is 4.18 Å². The third kappa shape index (κ3) is 6.38. The minimum atomic E-state index is -4.42. The molecule has 1 aliphatic heterocycles. The van der Waals surface area contributed by atoms with Crippen molar-refractivity contribution in [3.05, 3.63) is 98.2 Å².